The quantitative estimate of drug-likeness (QED) is 0.666. The minimum atomic E-state index is -0.214. The number of rotatable bonds is 2. The maximum atomic E-state index is 12.9. The Morgan fingerprint density at radius 3 is 2.69 bits per heavy atom. The van der Waals surface area contributed by atoms with Gasteiger partial charge in [0.15, 0.2) is 0 Å². The van der Waals surface area contributed by atoms with Crippen LogP contribution in [0.5, 0.6) is 0 Å². The molecule has 1 saturated heterocycles. The molecule has 1 aliphatic rings. The second-order valence-corrected chi connectivity index (χ2v) is 3.68. The minimum absolute atomic E-state index is 0.149. The van der Waals surface area contributed by atoms with Crippen LogP contribution in [0.15, 0.2) is 24.3 Å². The van der Waals surface area contributed by atoms with Crippen molar-refractivity contribution in [3.05, 3.63) is 35.6 Å². The molecule has 13 heavy (non-hydrogen) atoms. The van der Waals surface area contributed by atoms with Crippen molar-refractivity contribution < 1.29 is 9.13 Å². The Morgan fingerprint density at radius 1 is 1.46 bits per heavy atom. The summed E-state index contributed by atoms with van der Waals surface area (Å²) in [7, 11) is 0. The standard InChI is InChI=1S/C10H10ClFO/c11-5-10(6-13-7-10)8-2-1-3-9(12)4-8/h1-4H,5-7H2. The van der Waals surface area contributed by atoms with E-state index in [4.69, 9.17) is 16.3 Å². The second kappa shape index (κ2) is 3.28. The maximum absolute atomic E-state index is 12.9. The summed E-state index contributed by atoms with van der Waals surface area (Å²) in [5.74, 6) is 0.269. The van der Waals surface area contributed by atoms with E-state index in [1.807, 2.05) is 6.07 Å². The summed E-state index contributed by atoms with van der Waals surface area (Å²) in [4.78, 5) is 0. The van der Waals surface area contributed by atoms with Gasteiger partial charge in [-0.1, -0.05) is 12.1 Å². The summed E-state index contributed by atoms with van der Waals surface area (Å²) >= 11 is 5.84. The fourth-order valence-corrected chi connectivity index (χ4v) is 1.80. The molecular weight excluding hydrogens is 191 g/mol. The van der Waals surface area contributed by atoms with E-state index >= 15 is 0 Å². The molecule has 0 N–H and O–H groups in total. The molecule has 0 amide bonds. The van der Waals surface area contributed by atoms with Gasteiger partial charge < -0.3 is 4.74 Å². The number of halogens is 2. The van der Waals surface area contributed by atoms with Crippen LogP contribution in [0.3, 0.4) is 0 Å². The predicted molar refractivity (Wildman–Crippen MR) is 49.6 cm³/mol. The molecule has 1 nitrogen and oxygen atoms in total. The van der Waals surface area contributed by atoms with Gasteiger partial charge in [0.25, 0.3) is 0 Å². The molecule has 0 radical (unpaired) electrons. The van der Waals surface area contributed by atoms with E-state index in [0.29, 0.717) is 19.1 Å². The van der Waals surface area contributed by atoms with Crippen LogP contribution in [0.4, 0.5) is 4.39 Å². The highest BCUT2D eigenvalue weighted by Crippen LogP contribution is 2.33. The fraction of sp³-hybridized carbons (Fsp3) is 0.400. The molecule has 0 unspecified atom stereocenters. The van der Waals surface area contributed by atoms with Crippen LogP contribution in [-0.4, -0.2) is 19.1 Å². The molecule has 70 valence electrons. The SMILES string of the molecule is Fc1cccc(C2(CCl)COC2)c1. The van der Waals surface area contributed by atoms with Crippen molar-refractivity contribution in [1.82, 2.24) is 0 Å². The normalized spacial score (nSPS) is 19.5. The topological polar surface area (TPSA) is 9.23 Å². The van der Waals surface area contributed by atoms with Crippen molar-refractivity contribution in [1.29, 1.82) is 0 Å². The van der Waals surface area contributed by atoms with Gasteiger partial charge in [0.2, 0.25) is 0 Å². The Hall–Kier alpha value is -0.600. The van der Waals surface area contributed by atoms with Gasteiger partial charge in [-0.05, 0) is 17.7 Å². The van der Waals surface area contributed by atoms with Gasteiger partial charge in [-0.3, -0.25) is 0 Å². The van der Waals surface area contributed by atoms with E-state index in [-0.39, 0.29) is 11.2 Å². The molecular formula is C10H10ClFO. The Kier molecular flexibility index (Phi) is 2.26. The van der Waals surface area contributed by atoms with Crippen LogP contribution in [0, 0.1) is 5.82 Å². The monoisotopic (exact) mass is 200 g/mol. The van der Waals surface area contributed by atoms with Crippen molar-refractivity contribution in [3.63, 3.8) is 0 Å². The summed E-state index contributed by atoms with van der Waals surface area (Å²) in [5.41, 5.74) is 0.790. The third-order valence-electron chi connectivity index (χ3n) is 2.45. The molecule has 0 atom stereocenters. The van der Waals surface area contributed by atoms with Gasteiger partial charge in [0.05, 0.1) is 18.6 Å². The number of ether oxygens (including phenoxy) is 1. The molecule has 1 fully saturated rings. The molecule has 3 heteroatoms. The highest BCUT2D eigenvalue weighted by molar-refractivity contribution is 6.18. The first-order valence-corrected chi connectivity index (χ1v) is 4.70. The van der Waals surface area contributed by atoms with Crippen LogP contribution in [0.1, 0.15) is 5.56 Å². The van der Waals surface area contributed by atoms with Crippen LogP contribution >= 0.6 is 11.6 Å². The molecule has 0 spiro atoms. The largest absolute Gasteiger partial charge is 0.379 e. The van der Waals surface area contributed by atoms with E-state index in [9.17, 15) is 4.39 Å². The zero-order valence-corrected chi connectivity index (χ0v) is 7.85. The Labute approximate surface area is 81.5 Å². The van der Waals surface area contributed by atoms with Crippen molar-refractivity contribution in [3.8, 4) is 0 Å². The Morgan fingerprint density at radius 2 is 2.23 bits per heavy atom. The van der Waals surface area contributed by atoms with E-state index < -0.39 is 0 Å². The molecule has 1 aromatic rings. The summed E-state index contributed by atoms with van der Waals surface area (Å²) in [5, 5.41) is 0. The van der Waals surface area contributed by atoms with Crippen LogP contribution in [0.25, 0.3) is 0 Å². The summed E-state index contributed by atoms with van der Waals surface area (Å²) in [6.07, 6.45) is 0. The van der Waals surface area contributed by atoms with Crippen molar-refractivity contribution in [2.75, 3.05) is 19.1 Å². The van der Waals surface area contributed by atoms with E-state index in [2.05, 4.69) is 0 Å². The molecule has 0 bridgehead atoms. The molecule has 0 aromatic heterocycles. The first-order chi connectivity index (χ1) is 6.27. The average molecular weight is 201 g/mol. The third kappa shape index (κ3) is 1.45. The molecule has 2 rings (SSSR count). The maximum Gasteiger partial charge on any atom is 0.123 e. The first kappa shape index (κ1) is 8.97. The van der Waals surface area contributed by atoms with Gasteiger partial charge in [-0.25, -0.2) is 4.39 Å². The lowest BCUT2D eigenvalue weighted by Crippen LogP contribution is -2.48. The van der Waals surface area contributed by atoms with Crippen LogP contribution < -0.4 is 0 Å². The molecule has 0 saturated carbocycles. The number of hydrogen-bond donors (Lipinski definition) is 0. The smallest absolute Gasteiger partial charge is 0.123 e. The highest BCUT2D eigenvalue weighted by atomic mass is 35.5. The molecule has 1 heterocycles. The van der Waals surface area contributed by atoms with E-state index in [0.717, 1.165) is 5.56 Å². The van der Waals surface area contributed by atoms with Crippen molar-refractivity contribution in [2.45, 2.75) is 5.41 Å². The number of benzene rings is 1. The van der Waals surface area contributed by atoms with Crippen LogP contribution in [-0.2, 0) is 10.2 Å². The Bertz CT molecular complexity index is 304. The fourth-order valence-electron chi connectivity index (χ4n) is 1.49. The van der Waals surface area contributed by atoms with Gasteiger partial charge in [0, 0.05) is 5.88 Å². The number of alkyl halides is 1. The Balaban J connectivity index is 2.33. The highest BCUT2D eigenvalue weighted by Gasteiger charge is 2.39. The van der Waals surface area contributed by atoms with Gasteiger partial charge in [0.1, 0.15) is 5.82 Å². The number of hydrogen-bond acceptors (Lipinski definition) is 1. The molecule has 0 aliphatic carbocycles. The molecule has 1 aromatic carbocycles. The van der Waals surface area contributed by atoms with Crippen LogP contribution in [0.2, 0.25) is 0 Å². The lowest BCUT2D eigenvalue weighted by atomic mass is 9.80. The van der Waals surface area contributed by atoms with Gasteiger partial charge in [-0.2, -0.15) is 0 Å². The summed E-state index contributed by atoms with van der Waals surface area (Å²) in [6, 6.07) is 6.57. The van der Waals surface area contributed by atoms with E-state index in [1.165, 1.54) is 12.1 Å². The van der Waals surface area contributed by atoms with Gasteiger partial charge >= 0.3 is 0 Å². The van der Waals surface area contributed by atoms with Crippen molar-refractivity contribution >= 4 is 11.6 Å². The lowest BCUT2D eigenvalue weighted by molar-refractivity contribution is -0.0481. The average Bonchev–Trinajstić information content (AvgIpc) is 2.03. The summed E-state index contributed by atoms with van der Waals surface area (Å²) in [6.45, 7) is 1.19. The lowest BCUT2D eigenvalue weighted by Gasteiger charge is -2.40. The minimum Gasteiger partial charge on any atom is -0.379 e. The van der Waals surface area contributed by atoms with Crippen molar-refractivity contribution in [2.24, 2.45) is 0 Å². The zero-order valence-electron chi connectivity index (χ0n) is 7.09. The van der Waals surface area contributed by atoms with Gasteiger partial charge in [-0.15, -0.1) is 11.6 Å². The molecule has 1 aliphatic heterocycles. The predicted octanol–water partition coefficient (Wildman–Crippen LogP) is 2.33. The second-order valence-electron chi connectivity index (χ2n) is 3.42. The van der Waals surface area contributed by atoms with E-state index in [1.54, 1.807) is 6.07 Å². The third-order valence-corrected chi connectivity index (χ3v) is 2.96. The summed E-state index contributed by atoms with van der Waals surface area (Å²) < 4.78 is 18.0. The first-order valence-electron chi connectivity index (χ1n) is 4.17. The zero-order chi connectivity index (χ0) is 9.31.